The second kappa shape index (κ2) is 6.71. The quantitative estimate of drug-likeness (QED) is 0.569. The second-order valence-electron chi connectivity index (χ2n) is 6.20. The van der Waals surface area contributed by atoms with Crippen molar-refractivity contribution in [2.75, 3.05) is 6.61 Å². The first-order valence-electron chi connectivity index (χ1n) is 7.56. The van der Waals surface area contributed by atoms with Gasteiger partial charge in [-0.15, -0.1) is 0 Å². The Morgan fingerprint density at radius 2 is 2.11 bits per heavy atom. The number of aliphatic hydroxyl groups is 1. The number of carbonyl (C=O) groups excluding carboxylic acids is 1. The van der Waals surface area contributed by atoms with Gasteiger partial charge < -0.3 is 14.6 Å². The maximum Gasteiger partial charge on any atom is 0.308 e. The standard InChI is InChI=1S/C15H26O4/c1-10(4-3-5-11(2)16)15(17)18-9-12-6-7-13-14(8-12)19-13/h10-14,16H,3-9H2,1-2H3. The highest BCUT2D eigenvalue weighted by Gasteiger charge is 2.44. The van der Waals surface area contributed by atoms with Gasteiger partial charge in [0.05, 0.1) is 30.8 Å². The van der Waals surface area contributed by atoms with Crippen molar-refractivity contribution in [2.45, 2.75) is 70.7 Å². The molecule has 1 heterocycles. The van der Waals surface area contributed by atoms with Gasteiger partial charge in [-0.25, -0.2) is 0 Å². The van der Waals surface area contributed by atoms with Crippen LogP contribution in [0.2, 0.25) is 0 Å². The molecule has 0 spiro atoms. The van der Waals surface area contributed by atoms with Crippen LogP contribution in [0.15, 0.2) is 0 Å². The fourth-order valence-corrected chi connectivity index (χ4v) is 2.82. The minimum atomic E-state index is -0.281. The average molecular weight is 270 g/mol. The first-order valence-corrected chi connectivity index (χ1v) is 7.56. The minimum absolute atomic E-state index is 0.0627. The van der Waals surface area contributed by atoms with Crippen molar-refractivity contribution >= 4 is 5.97 Å². The van der Waals surface area contributed by atoms with Gasteiger partial charge in [0.15, 0.2) is 0 Å². The summed E-state index contributed by atoms with van der Waals surface area (Å²) < 4.78 is 10.9. The molecule has 19 heavy (non-hydrogen) atoms. The highest BCUT2D eigenvalue weighted by atomic mass is 16.6. The predicted molar refractivity (Wildman–Crippen MR) is 71.7 cm³/mol. The van der Waals surface area contributed by atoms with Crippen molar-refractivity contribution in [3.63, 3.8) is 0 Å². The van der Waals surface area contributed by atoms with E-state index in [4.69, 9.17) is 9.47 Å². The molecule has 1 aliphatic heterocycles. The lowest BCUT2D eigenvalue weighted by molar-refractivity contribution is -0.149. The summed E-state index contributed by atoms with van der Waals surface area (Å²) in [7, 11) is 0. The van der Waals surface area contributed by atoms with E-state index < -0.39 is 0 Å². The molecule has 1 saturated carbocycles. The fourth-order valence-electron chi connectivity index (χ4n) is 2.82. The normalized spacial score (nSPS) is 32.3. The SMILES string of the molecule is CC(O)CCCC(C)C(=O)OCC1CCC2OC2C1. The molecule has 0 aromatic heterocycles. The smallest absolute Gasteiger partial charge is 0.308 e. The van der Waals surface area contributed by atoms with Crippen molar-refractivity contribution < 1.29 is 19.4 Å². The van der Waals surface area contributed by atoms with Crippen molar-refractivity contribution in [3.8, 4) is 0 Å². The van der Waals surface area contributed by atoms with Crippen molar-refractivity contribution in [3.05, 3.63) is 0 Å². The summed E-state index contributed by atoms with van der Waals surface area (Å²) in [5, 5.41) is 9.18. The summed E-state index contributed by atoms with van der Waals surface area (Å²) in [6, 6.07) is 0. The van der Waals surface area contributed by atoms with Crippen LogP contribution in [0.25, 0.3) is 0 Å². The predicted octanol–water partition coefficient (Wildman–Crippen LogP) is 2.28. The van der Waals surface area contributed by atoms with Gasteiger partial charge in [-0.1, -0.05) is 13.3 Å². The Balaban J connectivity index is 1.57. The average Bonchev–Trinajstić information content (AvgIpc) is 3.13. The molecule has 1 N–H and O–H groups in total. The van der Waals surface area contributed by atoms with Crippen molar-refractivity contribution in [1.29, 1.82) is 0 Å². The van der Waals surface area contributed by atoms with Crippen LogP contribution in [0.3, 0.4) is 0 Å². The molecule has 4 heteroatoms. The molecule has 1 saturated heterocycles. The van der Waals surface area contributed by atoms with Crippen LogP contribution in [0, 0.1) is 11.8 Å². The van der Waals surface area contributed by atoms with Gasteiger partial charge in [-0.05, 0) is 44.9 Å². The van der Waals surface area contributed by atoms with Gasteiger partial charge in [0.1, 0.15) is 0 Å². The van der Waals surface area contributed by atoms with Crippen LogP contribution in [0.1, 0.15) is 52.4 Å². The molecule has 110 valence electrons. The summed E-state index contributed by atoms with van der Waals surface area (Å²) in [5.41, 5.74) is 0. The Morgan fingerprint density at radius 1 is 1.32 bits per heavy atom. The van der Waals surface area contributed by atoms with Gasteiger partial charge in [0.25, 0.3) is 0 Å². The zero-order valence-electron chi connectivity index (χ0n) is 12.0. The third kappa shape index (κ3) is 4.77. The monoisotopic (exact) mass is 270 g/mol. The zero-order chi connectivity index (χ0) is 13.8. The summed E-state index contributed by atoms with van der Waals surface area (Å²) in [4.78, 5) is 11.8. The van der Waals surface area contributed by atoms with Crippen LogP contribution >= 0.6 is 0 Å². The topological polar surface area (TPSA) is 59.1 Å². The van der Waals surface area contributed by atoms with Gasteiger partial charge in [0.2, 0.25) is 0 Å². The lowest BCUT2D eigenvalue weighted by atomic mass is 9.90. The van der Waals surface area contributed by atoms with Crippen LogP contribution < -0.4 is 0 Å². The minimum Gasteiger partial charge on any atom is -0.465 e. The van der Waals surface area contributed by atoms with Gasteiger partial charge in [-0.2, -0.15) is 0 Å². The van der Waals surface area contributed by atoms with E-state index in [1.807, 2.05) is 6.92 Å². The summed E-state index contributed by atoms with van der Waals surface area (Å²) in [6.07, 6.45) is 6.37. The molecule has 2 rings (SSSR count). The number of epoxide rings is 1. The molecule has 2 fully saturated rings. The van der Waals surface area contributed by atoms with E-state index >= 15 is 0 Å². The highest BCUT2D eigenvalue weighted by molar-refractivity contribution is 5.71. The molecule has 0 radical (unpaired) electrons. The number of carbonyl (C=O) groups is 1. The first-order chi connectivity index (χ1) is 9.06. The van der Waals surface area contributed by atoms with E-state index in [1.165, 1.54) is 0 Å². The molecule has 5 unspecified atom stereocenters. The van der Waals surface area contributed by atoms with Crippen LogP contribution in [-0.2, 0) is 14.3 Å². The Bertz CT molecular complexity index is 303. The molecular weight excluding hydrogens is 244 g/mol. The number of hydrogen-bond donors (Lipinski definition) is 1. The van der Waals surface area contributed by atoms with Crippen molar-refractivity contribution in [1.82, 2.24) is 0 Å². The van der Waals surface area contributed by atoms with Crippen LogP contribution in [-0.4, -0.2) is 36.0 Å². The van der Waals surface area contributed by atoms with Crippen LogP contribution in [0.5, 0.6) is 0 Å². The molecule has 2 aliphatic rings. The zero-order valence-corrected chi connectivity index (χ0v) is 12.0. The highest BCUT2D eigenvalue weighted by Crippen LogP contribution is 2.39. The summed E-state index contributed by atoms with van der Waals surface area (Å²) in [6.45, 7) is 4.23. The Labute approximate surface area is 115 Å². The first kappa shape index (κ1) is 14.8. The molecule has 5 atom stereocenters. The van der Waals surface area contributed by atoms with Gasteiger partial charge in [-0.3, -0.25) is 4.79 Å². The van der Waals surface area contributed by atoms with Gasteiger partial charge >= 0.3 is 5.97 Å². The Kier molecular flexibility index (Phi) is 5.22. The largest absolute Gasteiger partial charge is 0.465 e. The fraction of sp³-hybridized carbons (Fsp3) is 0.933. The van der Waals surface area contributed by atoms with E-state index in [9.17, 15) is 9.90 Å². The number of esters is 1. The molecule has 0 amide bonds. The second-order valence-corrected chi connectivity index (χ2v) is 6.20. The number of aliphatic hydroxyl groups excluding tert-OH is 1. The molecular formula is C15H26O4. The van der Waals surface area contributed by atoms with Crippen LogP contribution in [0.4, 0.5) is 0 Å². The van der Waals surface area contributed by atoms with E-state index in [2.05, 4.69) is 0 Å². The third-order valence-corrected chi connectivity index (χ3v) is 4.24. The van der Waals surface area contributed by atoms with Crippen molar-refractivity contribution in [2.24, 2.45) is 11.8 Å². The Morgan fingerprint density at radius 3 is 2.79 bits per heavy atom. The number of hydrogen-bond acceptors (Lipinski definition) is 4. The van der Waals surface area contributed by atoms with E-state index in [1.54, 1.807) is 6.92 Å². The van der Waals surface area contributed by atoms with E-state index in [-0.39, 0.29) is 18.0 Å². The molecule has 0 bridgehead atoms. The lowest BCUT2D eigenvalue weighted by Gasteiger charge is -2.20. The summed E-state index contributed by atoms with van der Waals surface area (Å²) >= 11 is 0. The maximum absolute atomic E-state index is 11.8. The van der Waals surface area contributed by atoms with Gasteiger partial charge in [0, 0.05) is 0 Å². The molecule has 0 aromatic carbocycles. The lowest BCUT2D eigenvalue weighted by Crippen LogP contribution is -2.23. The molecule has 0 aromatic rings. The number of rotatable bonds is 7. The third-order valence-electron chi connectivity index (χ3n) is 4.24. The number of ether oxygens (including phenoxy) is 2. The molecule has 1 aliphatic carbocycles. The summed E-state index contributed by atoms with van der Waals surface area (Å²) in [5.74, 6) is 0.328. The molecule has 4 nitrogen and oxygen atoms in total. The number of fused-ring (bicyclic) bond motifs is 1. The maximum atomic E-state index is 11.8. The van der Waals surface area contributed by atoms with E-state index in [0.717, 1.165) is 38.5 Å². The van der Waals surface area contributed by atoms with E-state index in [0.29, 0.717) is 24.7 Å². The Hall–Kier alpha value is -0.610.